The molecule has 1 aromatic carbocycles. The SMILES string of the molecule is Cc1cscc1CNc1cc(N)ccc1C(=O)N(C)C. The van der Waals surface area contributed by atoms with Crippen molar-refractivity contribution in [1.29, 1.82) is 0 Å². The van der Waals surface area contributed by atoms with Gasteiger partial charge in [0.15, 0.2) is 0 Å². The van der Waals surface area contributed by atoms with Crippen LogP contribution in [0.25, 0.3) is 0 Å². The fourth-order valence-electron chi connectivity index (χ4n) is 1.89. The van der Waals surface area contributed by atoms with Crippen molar-refractivity contribution in [3.05, 3.63) is 45.6 Å². The smallest absolute Gasteiger partial charge is 0.255 e. The molecular formula is C15H19N3OS. The maximum absolute atomic E-state index is 12.2. The zero-order valence-electron chi connectivity index (χ0n) is 11.9. The fourth-order valence-corrected chi connectivity index (χ4v) is 2.75. The maximum Gasteiger partial charge on any atom is 0.255 e. The summed E-state index contributed by atoms with van der Waals surface area (Å²) in [7, 11) is 3.48. The molecule has 0 saturated heterocycles. The lowest BCUT2D eigenvalue weighted by Crippen LogP contribution is -2.23. The Morgan fingerprint density at radius 3 is 2.70 bits per heavy atom. The molecule has 0 atom stereocenters. The third-order valence-electron chi connectivity index (χ3n) is 3.11. The first-order valence-corrected chi connectivity index (χ1v) is 7.30. The standard InChI is InChI=1S/C15H19N3OS/c1-10-8-20-9-11(10)7-17-14-6-12(16)4-5-13(14)15(19)18(2)3/h4-6,8-9,17H,7,16H2,1-3H3. The Labute approximate surface area is 123 Å². The van der Waals surface area contributed by atoms with Crippen molar-refractivity contribution in [3.63, 3.8) is 0 Å². The average molecular weight is 289 g/mol. The van der Waals surface area contributed by atoms with E-state index in [1.807, 2.05) is 0 Å². The second kappa shape index (κ2) is 5.96. The number of thiophene rings is 1. The highest BCUT2D eigenvalue weighted by molar-refractivity contribution is 7.08. The van der Waals surface area contributed by atoms with Gasteiger partial charge in [0.25, 0.3) is 5.91 Å². The average Bonchev–Trinajstić information content (AvgIpc) is 2.81. The number of rotatable bonds is 4. The Balaban J connectivity index is 2.24. The third kappa shape index (κ3) is 3.11. The van der Waals surface area contributed by atoms with Crippen LogP contribution in [0.2, 0.25) is 0 Å². The van der Waals surface area contributed by atoms with Crippen LogP contribution in [-0.4, -0.2) is 24.9 Å². The molecule has 1 heterocycles. The predicted molar refractivity (Wildman–Crippen MR) is 85.3 cm³/mol. The van der Waals surface area contributed by atoms with Crippen molar-refractivity contribution in [3.8, 4) is 0 Å². The van der Waals surface area contributed by atoms with Gasteiger partial charge in [-0.1, -0.05) is 0 Å². The Morgan fingerprint density at radius 1 is 1.35 bits per heavy atom. The van der Waals surface area contributed by atoms with Gasteiger partial charge in [0, 0.05) is 32.0 Å². The van der Waals surface area contributed by atoms with Crippen LogP contribution in [-0.2, 0) is 6.54 Å². The summed E-state index contributed by atoms with van der Waals surface area (Å²) < 4.78 is 0. The molecule has 0 aliphatic heterocycles. The summed E-state index contributed by atoms with van der Waals surface area (Å²) in [6.07, 6.45) is 0. The lowest BCUT2D eigenvalue weighted by atomic mass is 10.1. The Hall–Kier alpha value is -2.01. The summed E-state index contributed by atoms with van der Waals surface area (Å²) in [5, 5.41) is 7.54. The van der Waals surface area contributed by atoms with E-state index >= 15 is 0 Å². The van der Waals surface area contributed by atoms with Crippen molar-refractivity contribution in [1.82, 2.24) is 4.90 Å². The van der Waals surface area contributed by atoms with Gasteiger partial charge < -0.3 is 16.0 Å². The highest BCUT2D eigenvalue weighted by Crippen LogP contribution is 2.22. The minimum atomic E-state index is -0.0328. The number of carbonyl (C=O) groups is 1. The number of carbonyl (C=O) groups excluding carboxylic acids is 1. The van der Waals surface area contributed by atoms with Gasteiger partial charge in [-0.3, -0.25) is 4.79 Å². The summed E-state index contributed by atoms with van der Waals surface area (Å²) in [5.74, 6) is -0.0328. The first-order valence-electron chi connectivity index (χ1n) is 6.35. The van der Waals surface area contributed by atoms with Gasteiger partial charge in [0.2, 0.25) is 0 Å². The van der Waals surface area contributed by atoms with E-state index in [2.05, 4.69) is 23.0 Å². The van der Waals surface area contributed by atoms with Crippen LogP contribution in [0.4, 0.5) is 11.4 Å². The van der Waals surface area contributed by atoms with E-state index in [9.17, 15) is 4.79 Å². The first-order chi connectivity index (χ1) is 9.49. The minimum absolute atomic E-state index is 0.0328. The third-order valence-corrected chi connectivity index (χ3v) is 4.02. The van der Waals surface area contributed by atoms with Gasteiger partial charge in [-0.15, -0.1) is 0 Å². The quantitative estimate of drug-likeness (QED) is 0.851. The van der Waals surface area contributed by atoms with E-state index in [-0.39, 0.29) is 5.91 Å². The summed E-state index contributed by atoms with van der Waals surface area (Å²) in [5.41, 5.74) is 10.4. The molecule has 0 fully saturated rings. The number of hydrogen-bond acceptors (Lipinski definition) is 4. The molecule has 1 amide bonds. The molecule has 0 unspecified atom stereocenters. The molecule has 5 heteroatoms. The van der Waals surface area contributed by atoms with Crippen molar-refractivity contribution in [2.45, 2.75) is 13.5 Å². The maximum atomic E-state index is 12.2. The van der Waals surface area contributed by atoms with Crippen molar-refractivity contribution in [2.75, 3.05) is 25.1 Å². The van der Waals surface area contributed by atoms with E-state index in [0.717, 1.165) is 5.69 Å². The van der Waals surface area contributed by atoms with Gasteiger partial charge in [0.1, 0.15) is 0 Å². The van der Waals surface area contributed by atoms with Gasteiger partial charge in [-0.05, 0) is 47.0 Å². The molecule has 20 heavy (non-hydrogen) atoms. The molecule has 1 aromatic heterocycles. The van der Waals surface area contributed by atoms with E-state index < -0.39 is 0 Å². The van der Waals surface area contributed by atoms with Crippen molar-refractivity contribution >= 4 is 28.6 Å². The van der Waals surface area contributed by atoms with Crippen molar-refractivity contribution in [2.24, 2.45) is 0 Å². The monoisotopic (exact) mass is 289 g/mol. The van der Waals surface area contributed by atoms with Crippen LogP contribution in [0.15, 0.2) is 29.0 Å². The van der Waals surface area contributed by atoms with Crippen LogP contribution in [0.3, 0.4) is 0 Å². The van der Waals surface area contributed by atoms with E-state index in [4.69, 9.17) is 5.73 Å². The fraction of sp³-hybridized carbons (Fsp3) is 0.267. The van der Waals surface area contributed by atoms with Crippen LogP contribution in [0, 0.1) is 6.92 Å². The molecule has 0 saturated carbocycles. The highest BCUT2D eigenvalue weighted by atomic mass is 32.1. The van der Waals surface area contributed by atoms with Gasteiger partial charge >= 0.3 is 0 Å². The predicted octanol–water partition coefficient (Wildman–Crippen LogP) is 2.95. The molecular weight excluding hydrogens is 270 g/mol. The molecule has 0 aliphatic rings. The normalized spacial score (nSPS) is 10.3. The van der Waals surface area contributed by atoms with Gasteiger partial charge in [0.05, 0.1) is 5.56 Å². The largest absolute Gasteiger partial charge is 0.399 e. The van der Waals surface area contributed by atoms with Crippen LogP contribution in [0.5, 0.6) is 0 Å². The Morgan fingerprint density at radius 2 is 2.10 bits per heavy atom. The lowest BCUT2D eigenvalue weighted by Gasteiger charge is -2.16. The van der Waals surface area contributed by atoms with Crippen LogP contribution in [0.1, 0.15) is 21.5 Å². The number of amides is 1. The van der Waals surface area contributed by atoms with Crippen LogP contribution < -0.4 is 11.1 Å². The number of benzene rings is 1. The van der Waals surface area contributed by atoms with E-state index in [1.165, 1.54) is 11.1 Å². The highest BCUT2D eigenvalue weighted by Gasteiger charge is 2.13. The van der Waals surface area contributed by atoms with Crippen LogP contribution >= 0.6 is 11.3 Å². The summed E-state index contributed by atoms with van der Waals surface area (Å²) >= 11 is 1.68. The van der Waals surface area contributed by atoms with E-state index in [0.29, 0.717) is 17.8 Å². The first kappa shape index (κ1) is 14.4. The molecule has 0 radical (unpaired) electrons. The summed E-state index contributed by atoms with van der Waals surface area (Å²) in [6, 6.07) is 5.32. The number of nitrogens with zero attached hydrogens (tertiary/aromatic N) is 1. The number of nitrogens with two attached hydrogens (primary N) is 1. The van der Waals surface area contributed by atoms with E-state index in [1.54, 1.807) is 48.5 Å². The Kier molecular flexibility index (Phi) is 4.29. The molecule has 2 aromatic rings. The summed E-state index contributed by atoms with van der Waals surface area (Å²) in [6.45, 7) is 2.77. The zero-order chi connectivity index (χ0) is 14.7. The number of anilines is 2. The van der Waals surface area contributed by atoms with Crippen molar-refractivity contribution < 1.29 is 4.79 Å². The number of aryl methyl sites for hydroxylation is 1. The molecule has 2 rings (SSSR count). The van der Waals surface area contributed by atoms with Gasteiger partial charge in [-0.25, -0.2) is 0 Å². The topological polar surface area (TPSA) is 58.4 Å². The number of nitrogen functional groups attached to an aromatic ring is 1. The zero-order valence-corrected chi connectivity index (χ0v) is 12.8. The number of hydrogen-bond donors (Lipinski definition) is 2. The molecule has 3 N–H and O–H groups in total. The number of nitrogens with one attached hydrogen (secondary N) is 1. The molecule has 4 nitrogen and oxygen atoms in total. The Bertz CT molecular complexity index is 619. The molecule has 0 bridgehead atoms. The second-order valence-electron chi connectivity index (χ2n) is 4.94. The second-order valence-corrected chi connectivity index (χ2v) is 5.68. The lowest BCUT2D eigenvalue weighted by molar-refractivity contribution is 0.0828. The minimum Gasteiger partial charge on any atom is -0.399 e. The molecule has 106 valence electrons. The summed E-state index contributed by atoms with van der Waals surface area (Å²) in [4.78, 5) is 13.7. The van der Waals surface area contributed by atoms with Gasteiger partial charge in [-0.2, -0.15) is 11.3 Å². The molecule has 0 aliphatic carbocycles. The molecule has 0 spiro atoms.